The van der Waals surface area contributed by atoms with Gasteiger partial charge in [0, 0.05) is 45.3 Å². The van der Waals surface area contributed by atoms with Crippen LogP contribution in [0.25, 0.3) is 100 Å². The van der Waals surface area contributed by atoms with Gasteiger partial charge in [-0.1, -0.05) is 135 Å². The van der Waals surface area contributed by atoms with Crippen molar-refractivity contribution in [2.75, 3.05) is 0 Å². The number of aromatic nitrogens is 5. The van der Waals surface area contributed by atoms with Gasteiger partial charge in [-0.3, -0.25) is 9.97 Å². The van der Waals surface area contributed by atoms with Crippen LogP contribution in [0.2, 0.25) is 0 Å². The summed E-state index contributed by atoms with van der Waals surface area (Å²) in [5.41, 5.74) is 14.0. The van der Waals surface area contributed by atoms with Crippen LogP contribution in [-0.2, 0) is 5.41 Å². The lowest BCUT2D eigenvalue weighted by molar-refractivity contribution is 0.661. The zero-order valence-electron chi connectivity index (χ0n) is 31.5. The highest BCUT2D eigenvalue weighted by Gasteiger charge is 2.36. The molecule has 5 nitrogen and oxygen atoms in total. The van der Waals surface area contributed by atoms with Crippen LogP contribution in [0.15, 0.2) is 176 Å². The molecule has 3 heterocycles. The van der Waals surface area contributed by atoms with E-state index in [4.69, 9.17) is 24.9 Å². The first-order chi connectivity index (χ1) is 28.0. The molecule has 57 heavy (non-hydrogen) atoms. The van der Waals surface area contributed by atoms with E-state index in [1.54, 1.807) is 0 Å². The minimum absolute atomic E-state index is 0.179. The molecule has 1 aliphatic carbocycles. The summed E-state index contributed by atoms with van der Waals surface area (Å²) >= 11 is 0. The molecule has 0 spiro atoms. The molecule has 0 radical (unpaired) electrons. The third-order valence-electron chi connectivity index (χ3n) is 11.6. The summed E-state index contributed by atoms with van der Waals surface area (Å²) in [5.74, 6) is 1.86. The van der Waals surface area contributed by atoms with Crippen molar-refractivity contribution in [1.82, 2.24) is 24.9 Å². The average Bonchev–Trinajstić information content (AvgIpc) is 3.51. The molecule has 0 bridgehead atoms. The van der Waals surface area contributed by atoms with Crippen molar-refractivity contribution in [3.8, 4) is 67.5 Å². The van der Waals surface area contributed by atoms with E-state index in [0.29, 0.717) is 17.5 Å². The van der Waals surface area contributed by atoms with Gasteiger partial charge in [0.1, 0.15) is 0 Å². The second kappa shape index (κ2) is 12.9. The van der Waals surface area contributed by atoms with Gasteiger partial charge in [0.2, 0.25) is 0 Å². The third kappa shape index (κ3) is 5.42. The molecule has 0 saturated heterocycles. The van der Waals surface area contributed by atoms with Crippen molar-refractivity contribution in [3.63, 3.8) is 0 Å². The predicted molar refractivity (Wildman–Crippen MR) is 233 cm³/mol. The van der Waals surface area contributed by atoms with Crippen LogP contribution in [0.3, 0.4) is 0 Å². The van der Waals surface area contributed by atoms with Crippen molar-refractivity contribution in [3.05, 3.63) is 187 Å². The van der Waals surface area contributed by atoms with Gasteiger partial charge >= 0.3 is 0 Å². The van der Waals surface area contributed by atoms with Gasteiger partial charge in [-0.25, -0.2) is 15.0 Å². The number of pyridine rings is 2. The average molecular weight is 730 g/mol. The van der Waals surface area contributed by atoms with E-state index < -0.39 is 0 Å². The molecule has 0 aliphatic heterocycles. The van der Waals surface area contributed by atoms with Gasteiger partial charge < -0.3 is 0 Å². The smallest absolute Gasteiger partial charge is 0.164 e. The Hall–Kier alpha value is -7.37. The molecule has 0 fully saturated rings. The van der Waals surface area contributed by atoms with Crippen LogP contribution in [0.5, 0.6) is 0 Å². The summed E-state index contributed by atoms with van der Waals surface area (Å²) in [6.45, 7) is 4.70. The fourth-order valence-corrected chi connectivity index (χ4v) is 8.72. The maximum Gasteiger partial charge on any atom is 0.164 e. The molecule has 5 heteroatoms. The molecule has 0 N–H and O–H groups in total. The molecular formula is C52H35N5. The second-order valence-corrected chi connectivity index (χ2v) is 15.3. The Bertz CT molecular complexity index is 3150. The third-order valence-corrected chi connectivity index (χ3v) is 11.6. The molecule has 3 aromatic heterocycles. The van der Waals surface area contributed by atoms with Gasteiger partial charge in [0.05, 0.1) is 11.0 Å². The van der Waals surface area contributed by atoms with Crippen LogP contribution < -0.4 is 0 Å². The molecule has 7 aromatic carbocycles. The maximum absolute atomic E-state index is 5.17. The van der Waals surface area contributed by atoms with Crippen LogP contribution in [0, 0.1) is 0 Å². The standard InChI is InChI=1S/C52H35N5/c1-52(2)44-24-22-32-13-9-10-19-40(32)46(44)42-23-21-35(31-45(42)52)37-27-38(43-30-36-18-11-25-53-47(36)48-41(43)20-12-26-54-48)29-39(28-37)51-56-49(33-14-5-3-6-15-33)55-50(57-51)34-16-7-4-8-17-34/h3-31H,1-2H3. The first-order valence-corrected chi connectivity index (χ1v) is 19.3. The van der Waals surface area contributed by atoms with E-state index in [1.807, 2.05) is 85.2 Å². The largest absolute Gasteiger partial charge is 0.254 e. The summed E-state index contributed by atoms with van der Waals surface area (Å²) in [6.07, 6.45) is 3.68. The number of hydrogen-bond acceptors (Lipinski definition) is 5. The Balaban J connectivity index is 1.17. The summed E-state index contributed by atoms with van der Waals surface area (Å²) in [5, 5.41) is 4.63. The highest BCUT2D eigenvalue weighted by atomic mass is 15.0. The summed E-state index contributed by atoms with van der Waals surface area (Å²) in [6, 6.07) is 57.8. The zero-order valence-corrected chi connectivity index (χ0v) is 31.5. The van der Waals surface area contributed by atoms with Gasteiger partial charge in [0.15, 0.2) is 17.5 Å². The Kier molecular flexibility index (Phi) is 7.45. The van der Waals surface area contributed by atoms with Crippen molar-refractivity contribution >= 4 is 32.6 Å². The molecule has 268 valence electrons. The highest BCUT2D eigenvalue weighted by Crippen LogP contribution is 2.52. The molecular weight excluding hydrogens is 695 g/mol. The maximum atomic E-state index is 5.17. The first-order valence-electron chi connectivity index (χ1n) is 19.3. The fourth-order valence-electron chi connectivity index (χ4n) is 8.72. The lowest BCUT2D eigenvalue weighted by Gasteiger charge is -2.22. The minimum Gasteiger partial charge on any atom is -0.254 e. The van der Waals surface area contributed by atoms with E-state index in [1.165, 1.54) is 33.0 Å². The van der Waals surface area contributed by atoms with E-state index in [0.717, 1.165) is 60.8 Å². The Morgan fingerprint density at radius 3 is 1.72 bits per heavy atom. The minimum atomic E-state index is -0.179. The van der Waals surface area contributed by atoms with Crippen molar-refractivity contribution < 1.29 is 0 Å². The van der Waals surface area contributed by atoms with Gasteiger partial charge in [-0.15, -0.1) is 0 Å². The predicted octanol–water partition coefficient (Wildman–Crippen LogP) is 12.8. The van der Waals surface area contributed by atoms with Crippen molar-refractivity contribution in [2.24, 2.45) is 0 Å². The topological polar surface area (TPSA) is 64.5 Å². The fraction of sp³-hybridized carbons (Fsp3) is 0.0577. The van der Waals surface area contributed by atoms with Gasteiger partial charge in [-0.05, 0) is 97.7 Å². The summed E-state index contributed by atoms with van der Waals surface area (Å²) in [7, 11) is 0. The Morgan fingerprint density at radius 1 is 0.368 bits per heavy atom. The number of hydrogen-bond donors (Lipinski definition) is 0. The monoisotopic (exact) mass is 729 g/mol. The first kappa shape index (κ1) is 33.0. The number of nitrogens with zero attached hydrogens (tertiary/aromatic N) is 5. The Labute approximate surface area is 330 Å². The lowest BCUT2D eigenvalue weighted by Crippen LogP contribution is -2.15. The molecule has 0 unspecified atom stereocenters. The van der Waals surface area contributed by atoms with E-state index in [9.17, 15) is 0 Å². The molecule has 11 rings (SSSR count). The SMILES string of the molecule is CC1(C)c2cc(-c3cc(-c4nc(-c5ccccc5)nc(-c5ccccc5)n4)cc(-c4cc5cccnc5c5ncccc45)c3)ccc2-c2c1ccc1ccccc21. The number of rotatable bonds is 5. The molecule has 10 aromatic rings. The molecule has 1 aliphatic rings. The molecule has 0 amide bonds. The van der Waals surface area contributed by atoms with Crippen LogP contribution in [-0.4, -0.2) is 24.9 Å². The van der Waals surface area contributed by atoms with E-state index in [2.05, 4.69) is 105 Å². The Morgan fingerprint density at radius 2 is 0.965 bits per heavy atom. The van der Waals surface area contributed by atoms with Gasteiger partial charge in [0.25, 0.3) is 0 Å². The van der Waals surface area contributed by atoms with E-state index in [-0.39, 0.29) is 5.41 Å². The van der Waals surface area contributed by atoms with E-state index >= 15 is 0 Å². The lowest BCUT2D eigenvalue weighted by atomic mass is 9.81. The summed E-state index contributed by atoms with van der Waals surface area (Å²) in [4.78, 5) is 24.9. The number of benzene rings is 7. The zero-order chi connectivity index (χ0) is 38.1. The number of fused-ring (bicyclic) bond motifs is 8. The van der Waals surface area contributed by atoms with Crippen LogP contribution in [0.1, 0.15) is 25.0 Å². The van der Waals surface area contributed by atoms with Crippen LogP contribution in [0.4, 0.5) is 0 Å². The van der Waals surface area contributed by atoms with Gasteiger partial charge in [-0.2, -0.15) is 0 Å². The quantitative estimate of drug-likeness (QED) is 0.165. The highest BCUT2D eigenvalue weighted by molar-refractivity contribution is 6.10. The summed E-state index contributed by atoms with van der Waals surface area (Å²) < 4.78 is 0. The molecule has 0 saturated carbocycles. The van der Waals surface area contributed by atoms with Crippen molar-refractivity contribution in [2.45, 2.75) is 19.3 Å². The second-order valence-electron chi connectivity index (χ2n) is 15.3. The van der Waals surface area contributed by atoms with Crippen LogP contribution >= 0.6 is 0 Å². The normalized spacial score (nSPS) is 12.9. The van der Waals surface area contributed by atoms with Crippen molar-refractivity contribution in [1.29, 1.82) is 0 Å². The molecule has 0 atom stereocenters.